The van der Waals surface area contributed by atoms with E-state index in [9.17, 15) is 8.78 Å². The molecule has 0 radical (unpaired) electrons. The van der Waals surface area contributed by atoms with Crippen LogP contribution in [-0.4, -0.2) is 12.5 Å². The van der Waals surface area contributed by atoms with Gasteiger partial charge in [0.2, 0.25) is 0 Å². The van der Waals surface area contributed by atoms with Crippen LogP contribution in [0.1, 0.15) is 44.9 Å². The second-order valence-electron chi connectivity index (χ2n) is 4.10. The SMILES string of the molecule is NCC(F)(F)CCC1CCCCC1. The van der Waals surface area contributed by atoms with Gasteiger partial charge in [-0.3, -0.25) is 0 Å². The Morgan fingerprint density at radius 1 is 1.15 bits per heavy atom. The lowest BCUT2D eigenvalue weighted by Crippen LogP contribution is -2.28. The van der Waals surface area contributed by atoms with Crippen LogP contribution < -0.4 is 5.73 Å². The highest BCUT2D eigenvalue weighted by molar-refractivity contribution is 4.72. The van der Waals surface area contributed by atoms with E-state index >= 15 is 0 Å². The normalized spacial score (nSPS) is 20.5. The van der Waals surface area contributed by atoms with Crippen LogP contribution in [0.3, 0.4) is 0 Å². The van der Waals surface area contributed by atoms with Gasteiger partial charge in [0.25, 0.3) is 5.92 Å². The maximum Gasteiger partial charge on any atom is 0.260 e. The summed E-state index contributed by atoms with van der Waals surface area (Å²) < 4.78 is 25.6. The smallest absolute Gasteiger partial charge is 0.260 e. The first-order valence-electron chi connectivity index (χ1n) is 5.22. The van der Waals surface area contributed by atoms with Gasteiger partial charge in [0.05, 0.1) is 6.54 Å². The van der Waals surface area contributed by atoms with Gasteiger partial charge in [0, 0.05) is 6.42 Å². The van der Waals surface area contributed by atoms with Crippen molar-refractivity contribution in [3.8, 4) is 0 Å². The monoisotopic (exact) mass is 191 g/mol. The second kappa shape index (κ2) is 4.89. The fourth-order valence-corrected chi connectivity index (χ4v) is 1.99. The lowest BCUT2D eigenvalue weighted by molar-refractivity contribution is -0.00520. The summed E-state index contributed by atoms with van der Waals surface area (Å²) in [6.07, 6.45) is 6.64. The van der Waals surface area contributed by atoms with Crippen LogP contribution in [0.25, 0.3) is 0 Å². The second-order valence-corrected chi connectivity index (χ2v) is 4.10. The molecule has 1 aliphatic rings. The van der Waals surface area contributed by atoms with Crippen molar-refractivity contribution in [2.24, 2.45) is 11.7 Å². The number of hydrogen-bond donors (Lipinski definition) is 1. The van der Waals surface area contributed by atoms with E-state index < -0.39 is 12.5 Å². The number of nitrogens with two attached hydrogens (primary N) is 1. The molecular weight excluding hydrogens is 172 g/mol. The Morgan fingerprint density at radius 3 is 2.31 bits per heavy atom. The van der Waals surface area contributed by atoms with E-state index in [4.69, 9.17) is 5.73 Å². The van der Waals surface area contributed by atoms with Crippen LogP contribution in [0, 0.1) is 5.92 Å². The highest BCUT2D eigenvalue weighted by atomic mass is 19.3. The summed E-state index contributed by atoms with van der Waals surface area (Å²) in [5, 5.41) is 0. The third kappa shape index (κ3) is 4.03. The fraction of sp³-hybridized carbons (Fsp3) is 1.00. The highest BCUT2D eigenvalue weighted by Crippen LogP contribution is 2.30. The van der Waals surface area contributed by atoms with Crippen molar-refractivity contribution in [1.82, 2.24) is 0 Å². The molecule has 1 aliphatic carbocycles. The van der Waals surface area contributed by atoms with Gasteiger partial charge in [-0.1, -0.05) is 32.1 Å². The molecule has 0 unspecified atom stereocenters. The average Bonchev–Trinajstić information content (AvgIpc) is 2.17. The molecule has 1 nitrogen and oxygen atoms in total. The van der Waals surface area contributed by atoms with Crippen molar-refractivity contribution < 1.29 is 8.78 Å². The minimum atomic E-state index is -2.63. The van der Waals surface area contributed by atoms with Crippen molar-refractivity contribution >= 4 is 0 Å². The minimum absolute atomic E-state index is 0.0197. The largest absolute Gasteiger partial charge is 0.325 e. The Labute approximate surface area is 78.7 Å². The quantitative estimate of drug-likeness (QED) is 0.726. The lowest BCUT2D eigenvalue weighted by Gasteiger charge is -2.23. The molecule has 0 spiro atoms. The summed E-state index contributed by atoms with van der Waals surface area (Å²) in [5.74, 6) is -2.09. The summed E-state index contributed by atoms with van der Waals surface area (Å²) in [6, 6.07) is 0. The summed E-state index contributed by atoms with van der Waals surface area (Å²) in [6.45, 7) is -0.500. The van der Waals surface area contributed by atoms with Crippen LogP contribution in [0.2, 0.25) is 0 Å². The molecule has 78 valence electrons. The summed E-state index contributed by atoms with van der Waals surface area (Å²) in [7, 11) is 0. The van der Waals surface area contributed by atoms with Gasteiger partial charge >= 0.3 is 0 Å². The molecule has 3 heteroatoms. The molecule has 13 heavy (non-hydrogen) atoms. The Morgan fingerprint density at radius 2 is 1.77 bits per heavy atom. The molecule has 0 atom stereocenters. The molecule has 0 amide bonds. The van der Waals surface area contributed by atoms with E-state index in [1.54, 1.807) is 0 Å². The molecule has 1 saturated carbocycles. The molecule has 0 aromatic rings. The van der Waals surface area contributed by atoms with Crippen molar-refractivity contribution in [1.29, 1.82) is 0 Å². The molecule has 1 rings (SSSR count). The fourth-order valence-electron chi connectivity index (χ4n) is 1.99. The molecular formula is C10H19F2N. The first-order valence-corrected chi connectivity index (χ1v) is 5.22. The highest BCUT2D eigenvalue weighted by Gasteiger charge is 2.27. The standard InChI is InChI=1S/C10H19F2N/c11-10(12,8-13)7-6-9-4-2-1-3-5-9/h9H,1-8,13H2. The van der Waals surface area contributed by atoms with Crippen LogP contribution in [0.5, 0.6) is 0 Å². The Hall–Kier alpha value is -0.180. The van der Waals surface area contributed by atoms with Crippen LogP contribution >= 0.6 is 0 Å². The lowest BCUT2D eigenvalue weighted by atomic mass is 9.85. The Balaban J connectivity index is 2.17. The van der Waals surface area contributed by atoms with Crippen molar-refractivity contribution in [2.75, 3.05) is 6.54 Å². The summed E-state index contributed by atoms with van der Waals surface area (Å²) >= 11 is 0. The van der Waals surface area contributed by atoms with Gasteiger partial charge in [0.1, 0.15) is 0 Å². The third-order valence-electron chi connectivity index (χ3n) is 2.94. The van der Waals surface area contributed by atoms with Gasteiger partial charge in [0.15, 0.2) is 0 Å². The molecule has 0 aromatic carbocycles. The minimum Gasteiger partial charge on any atom is -0.325 e. The molecule has 0 aliphatic heterocycles. The summed E-state index contributed by atoms with van der Waals surface area (Å²) in [4.78, 5) is 0. The zero-order chi connectivity index (χ0) is 9.73. The van der Waals surface area contributed by atoms with Crippen LogP contribution in [0.15, 0.2) is 0 Å². The molecule has 0 saturated heterocycles. The van der Waals surface area contributed by atoms with E-state index in [1.807, 2.05) is 0 Å². The Bertz CT molecular complexity index is 142. The van der Waals surface area contributed by atoms with Crippen molar-refractivity contribution in [2.45, 2.75) is 50.9 Å². The zero-order valence-electron chi connectivity index (χ0n) is 8.07. The molecule has 0 heterocycles. The van der Waals surface area contributed by atoms with Gasteiger partial charge < -0.3 is 5.73 Å². The zero-order valence-corrected chi connectivity index (χ0v) is 8.07. The third-order valence-corrected chi connectivity index (χ3v) is 2.94. The van der Waals surface area contributed by atoms with E-state index in [0.29, 0.717) is 12.3 Å². The molecule has 1 fully saturated rings. The van der Waals surface area contributed by atoms with E-state index in [1.165, 1.54) is 19.3 Å². The Kier molecular flexibility index (Phi) is 4.10. The topological polar surface area (TPSA) is 26.0 Å². The number of alkyl halides is 2. The van der Waals surface area contributed by atoms with Gasteiger partial charge in [-0.15, -0.1) is 0 Å². The van der Waals surface area contributed by atoms with Gasteiger partial charge in [-0.05, 0) is 12.3 Å². The van der Waals surface area contributed by atoms with E-state index in [2.05, 4.69) is 0 Å². The molecule has 0 bridgehead atoms. The summed E-state index contributed by atoms with van der Waals surface area (Å²) in [5.41, 5.74) is 4.97. The maximum absolute atomic E-state index is 12.8. The van der Waals surface area contributed by atoms with E-state index in [-0.39, 0.29) is 6.42 Å². The first kappa shape index (κ1) is 10.9. The van der Waals surface area contributed by atoms with Gasteiger partial charge in [-0.25, -0.2) is 8.78 Å². The number of halogens is 2. The predicted octanol–water partition coefficient (Wildman–Crippen LogP) is 2.94. The van der Waals surface area contributed by atoms with Crippen LogP contribution in [0.4, 0.5) is 8.78 Å². The predicted molar refractivity (Wildman–Crippen MR) is 49.8 cm³/mol. The molecule has 2 N–H and O–H groups in total. The molecule has 0 aromatic heterocycles. The number of rotatable bonds is 4. The number of hydrogen-bond acceptors (Lipinski definition) is 1. The van der Waals surface area contributed by atoms with Gasteiger partial charge in [-0.2, -0.15) is 0 Å². The van der Waals surface area contributed by atoms with Crippen molar-refractivity contribution in [3.63, 3.8) is 0 Å². The van der Waals surface area contributed by atoms with Crippen molar-refractivity contribution in [3.05, 3.63) is 0 Å². The van der Waals surface area contributed by atoms with Crippen LogP contribution in [-0.2, 0) is 0 Å². The first-order chi connectivity index (χ1) is 6.14. The van der Waals surface area contributed by atoms with E-state index in [0.717, 1.165) is 12.8 Å². The average molecular weight is 191 g/mol. The maximum atomic E-state index is 12.8.